The molecule has 2 aromatic rings. The van der Waals surface area contributed by atoms with Gasteiger partial charge in [0.15, 0.2) is 5.58 Å². The first-order valence-electron chi connectivity index (χ1n) is 7.58. The highest BCUT2D eigenvalue weighted by molar-refractivity contribution is 6.04. The van der Waals surface area contributed by atoms with Crippen LogP contribution in [0, 0.1) is 0 Å². The molecule has 0 saturated heterocycles. The molecule has 1 aromatic carbocycles. The van der Waals surface area contributed by atoms with Gasteiger partial charge in [-0.25, -0.2) is 4.79 Å². The van der Waals surface area contributed by atoms with E-state index in [4.69, 9.17) is 9.52 Å². The highest BCUT2D eigenvalue weighted by Gasteiger charge is 2.20. The molecule has 6 heteroatoms. The summed E-state index contributed by atoms with van der Waals surface area (Å²) < 4.78 is 6.61. The number of aliphatic hydroxyl groups is 1. The Morgan fingerprint density at radius 2 is 2.05 bits per heavy atom. The number of benzene rings is 1. The Morgan fingerprint density at radius 1 is 1.32 bits per heavy atom. The van der Waals surface area contributed by atoms with Crippen molar-refractivity contribution in [2.24, 2.45) is 7.05 Å². The van der Waals surface area contributed by atoms with Crippen molar-refractivity contribution in [3.63, 3.8) is 0 Å². The van der Waals surface area contributed by atoms with Crippen LogP contribution in [0.3, 0.4) is 0 Å². The number of rotatable bonds is 7. The summed E-state index contributed by atoms with van der Waals surface area (Å²) >= 11 is 0. The van der Waals surface area contributed by atoms with Gasteiger partial charge in [0.25, 0.3) is 5.91 Å². The maximum atomic E-state index is 12.8. The third-order valence-corrected chi connectivity index (χ3v) is 3.70. The van der Waals surface area contributed by atoms with Crippen molar-refractivity contribution >= 4 is 17.0 Å². The number of para-hydroxylation sites is 1. The molecule has 1 heterocycles. The lowest BCUT2D eigenvalue weighted by Crippen LogP contribution is -2.33. The summed E-state index contributed by atoms with van der Waals surface area (Å²) in [5, 5.41) is 9.00. The van der Waals surface area contributed by atoms with Gasteiger partial charge in [-0.2, -0.15) is 0 Å². The van der Waals surface area contributed by atoms with Gasteiger partial charge in [0.05, 0.1) is 11.1 Å². The van der Waals surface area contributed by atoms with Gasteiger partial charge < -0.3 is 14.4 Å². The van der Waals surface area contributed by atoms with Gasteiger partial charge in [0.2, 0.25) is 0 Å². The van der Waals surface area contributed by atoms with Gasteiger partial charge in [-0.1, -0.05) is 19.4 Å². The molecular weight excluding hydrogens is 284 g/mol. The summed E-state index contributed by atoms with van der Waals surface area (Å²) in [5.41, 5.74) is 1.32. The van der Waals surface area contributed by atoms with Crippen molar-refractivity contribution in [2.75, 3.05) is 19.7 Å². The first-order valence-corrected chi connectivity index (χ1v) is 7.58. The predicted molar refractivity (Wildman–Crippen MR) is 84.0 cm³/mol. The number of amides is 1. The maximum Gasteiger partial charge on any atom is 0.419 e. The molecule has 2 rings (SSSR count). The fraction of sp³-hybridized carbons (Fsp3) is 0.500. The zero-order valence-corrected chi connectivity index (χ0v) is 13.0. The average Bonchev–Trinajstić information content (AvgIpc) is 2.82. The number of aryl methyl sites for hydroxylation is 1. The lowest BCUT2D eigenvalue weighted by Gasteiger charge is -2.22. The van der Waals surface area contributed by atoms with Crippen LogP contribution in [0.5, 0.6) is 0 Å². The molecular formula is C16H22N2O4. The third kappa shape index (κ3) is 3.22. The van der Waals surface area contributed by atoms with Crippen LogP contribution in [-0.2, 0) is 7.05 Å². The van der Waals surface area contributed by atoms with Gasteiger partial charge in [-0.15, -0.1) is 0 Å². The molecule has 1 aromatic heterocycles. The van der Waals surface area contributed by atoms with Crippen molar-refractivity contribution in [1.29, 1.82) is 0 Å². The lowest BCUT2D eigenvalue weighted by atomic mass is 10.1. The van der Waals surface area contributed by atoms with Crippen LogP contribution in [0.1, 0.15) is 36.5 Å². The van der Waals surface area contributed by atoms with Crippen LogP contribution in [0.15, 0.2) is 27.4 Å². The molecule has 22 heavy (non-hydrogen) atoms. The SMILES string of the molecule is CCCCN(CCCO)C(=O)c1cccc2c1oc(=O)n2C. The molecule has 0 aliphatic carbocycles. The minimum absolute atomic E-state index is 0.0422. The summed E-state index contributed by atoms with van der Waals surface area (Å²) in [6.07, 6.45) is 2.41. The van der Waals surface area contributed by atoms with Crippen molar-refractivity contribution in [2.45, 2.75) is 26.2 Å². The summed E-state index contributed by atoms with van der Waals surface area (Å²) in [5.74, 6) is -0.646. The molecule has 0 saturated carbocycles. The number of fused-ring (bicyclic) bond motifs is 1. The van der Waals surface area contributed by atoms with Crippen molar-refractivity contribution in [3.05, 3.63) is 34.3 Å². The second-order valence-electron chi connectivity index (χ2n) is 5.30. The highest BCUT2D eigenvalue weighted by atomic mass is 16.4. The Bertz CT molecular complexity index is 694. The number of nitrogens with zero attached hydrogens (tertiary/aromatic N) is 2. The van der Waals surface area contributed by atoms with Crippen LogP contribution in [-0.4, -0.2) is 40.2 Å². The Morgan fingerprint density at radius 3 is 2.73 bits per heavy atom. The number of hydrogen-bond donors (Lipinski definition) is 1. The second-order valence-corrected chi connectivity index (χ2v) is 5.30. The van der Waals surface area contributed by atoms with E-state index in [0.717, 1.165) is 12.8 Å². The molecule has 0 bridgehead atoms. The van der Waals surface area contributed by atoms with Gasteiger partial charge in [0.1, 0.15) is 0 Å². The number of carbonyl (C=O) groups is 1. The van der Waals surface area contributed by atoms with Crippen LogP contribution in [0.2, 0.25) is 0 Å². The van der Waals surface area contributed by atoms with Crippen molar-refractivity contribution < 1.29 is 14.3 Å². The molecule has 0 fully saturated rings. The number of unbranched alkanes of at least 4 members (excludes halogenated alkanes) is 1. The Hall–Kier alpha value is -2.08. The Balaban J connectivity index is 2.37. The fourth-order valence-electron chi connectivity index (χ4n) is 2.41. The first kappa shape index (κ1) is 16.3. The molecule has 1 amide bonds. The number of oxazole rings is 1. The molecule has 0 atom stereocenters. The minimum Gasteiger partial charge on any atom is -0.407 e. The van der Waals surface area contributed by atoms with Crippen LogP contribution < -0.4 is 5.76 Å². The quantitative estimate of drug-likeness (QED) is 0.845. The van der Waals surface area contributed by atoms with E-state index in [-0.39, 0.29) is 12.5 Å². The number of aromatic nitrogens is 1. The maximum absolute atomic E-state index is 12.8. The molecule has 0 aliphatic rings. The van der Waals surface area contributed by atoms with Gasteiger partial charge in [0, 0.05) is 26.7 Å². The molecule has 0 aliphatic heterocycles. The van der Waals surface area contributed by atoms with Crippen LogP contribution >= 0.6 is 0 Å². The van der Waals surface area contributed by atoms with E-state index in [1.54, 1.807) is 30.1 Å². The first-order chi connectivity index (χ1) is 10.6. The van der Waals surface area contributed by atoms with E-state index in [0.29, 0.717) is 36.2 Å². The third-order valence-electron chi connectivity index (χ3n) is 3.70. The summed E-state index contributed by atoms with van der Waals surface area (Å²) in [6.45, 7) is 3.22. The van der Waals surface area contributed by atoms with E-state index in [2.05, 4.69) is 6.92 Å². The van der Waals surface area contributed by atoms with E-state index in [1.165, 1.54) is 4.57 Å². The molecule has 0 unspecified atom stereocenters. The van der Waals surface area contributed by atoms with Crippen LogP contribution in [0.25, 0.3) is 11.1 Å². The second kappa shape index (κ2) is 7.26. The van der Waals surface area contributed by atoms with Crippen LogP contribution in [0.4, 0.5) is 0 Å². The number of aliphatic hydroxyl groups excluding tert-OH is 1. The largest absolute Gasteiger partial charge is 0.419 e. The lowest BCUT2D eigenvalue weighted by molar-refractivity contribution is 0.0743. The highest BCUT2D eigenvalue weighted by Crippen LogP contribution is 2.19. The van der Waals surface area contributed by atoms with E-state index >= 15 is 0 Å². The predicted octanol–water partition coefficient (Wildman–Crippen LogP) is 1.76. The summed E-state index contributed by atoms with van der Waals surface area (Å²) in [4.78, 5) is 26.1. The molecule has 120 valence electrons. The van der Waals surface area contributed by atoms with Gasteiger partial charge in [-0.05, 0) is 25.0 Å². The Kier molecular flexibility index (Phi) is 5.38. The fourth-order valence-corrected chi connectivity index (χ4v) is 2.41. The van der Waals surface area contributed by atoms with Gasteiger partial charge in [-0.3, -0.25) is 9.36 Å². The topological polar surface area (TPSA) is 75.7 Å². The normalized spacial score (nSPS) is 11.0. The smallest absolute Gasteiger partial charge is 0.407 e. The molecule has 0 spiro atoms. The zero-order valence-electron chi connectivity index (χ0n) is 13.0. The van der Waals surface area contributed by atoms with Crippen molar-refractivity contribution in [3.8, 4) is 0 Å². The van der Waals surface area contributed by atoms with E-state index in [9.17, 15) is 9.59 Å². The minimum atomic E-state index is -0.481. The summed E-state index contributed by atoms with van der Waals surface area (Å²) in [7, 11) is 1.61. The monoisotopic (exact) mass is 306 g/mol. The number of hydrogen-bond acceptors (Lipinski definition) is 4. The average molecular weight is 306 g/mol. The number of carbonyl (C=O) groups excluding carboxylic acids is 1. The zero-order chi connectivity index (χ0) is 16.1. The Labute approximate surface area is 128 Å². The molecule has 6 nitrogen and oxygen atoms in total. The van der Waals surface area contributed by atoms with Crippen molar-refractivity contribution in [1.82, 2.24) is 9.47 Å². The van der Waals surface area contributed by atoms with E-state index < -0.39 is 5.76 Å². The summed E-state index contributed by atoms with van der Waals surface area (Å²) in [6, 6.07) is 5.17. The standard InChI is InChI=1S/C16H22N2O4/c1-3-4-9-18(10-6-11-19)15(20)12-7-5-8-13-14(12)22-16(21)17(13)2/h5,7-8,19H,3-4,6,9-11H2,1-2H3. The molecule has 1 N–H and O–H groups in total. The van der Waals surface area contributed by atoms with Gasteiger partial charge >= 0.3 is 5.76 Å². The van der Waals surface area contributed by atoms with E-state index in [1.807, 2.05) is 0 Å². The molecule has 0 radical (unpaired) electrons.